The summed E-state index contributed by atoms with van der Waals surface area (Å²) in [6, 6.07) is 4.62. The first-order valence-electron chi connectivity index (χ1n) is 7.47. The van der Waals surface area contributed by atoms with Gasteiger partial charge in [0.15, 0.2) is 0 Å². The molecule has 1 fully saturated rings. The van der Waals surface area contributed by atoms with Crippen LogP contribution in [0.15, 0.2) is 18.2 Å². The summed E-state index contributed by atoms with van der Waals surface area (Å²) in [7, 11) is 0. The molecule has 0 saturated carbocycles. The van der Waals surface area contributed by atoms with Crippen LogP contribution in [0.4, 0.5) is 4.39 Å². The van der Waals surface area contributed by atoms with E-state index in [0.717, 1.165) is 19.5 Å². The monoisotopic (exact) mass is 312 g/mol. The molecule has 21 heavy (non-hydrogen) atoms. The van der Waals surface area contributed by atoms with Gasteiger partial charge in [-0.25, -0.2) is 4.39 Å². The highest BCUT2D eigenvalue weighted by molar-refractivity contribution is 6.31. The Bertz CT molecular complexity index is 485. The van der Waals surface area contributed by atoms with Gasteiger partial charge in [0.25, 0.3) is 0 Å². The van der Waals surface area contributed by atoms with Crippen LogP contribution in [0, 0.1) is 17.7 Å². The number of hydrogen-bond acceptors (Lipinski definition) is 2. The molecule has 1 atom stereocenters. The Kier molecular flexibility index (Phi) is 5.59. The highest BCUT2D eigenvalue weighted by atomic mass is 35.5. The van der Waals surface area contributed by atoms with E-state index in [1.54, 1.807) is 17.0 Å². The van der Waals surface area contributed by atoms with E-state index in [2.05, 4.69) is 5.32 Å². The van der Waals surface area contributed by atoms with Crippen molar-refractivity contribution in [1.29, 1.82) is 0 Å². The first kappa shape index (κ1) is 16.2. The Morgan fingerprint density at radius 3 is 2.76 bits per heavy atom. The Morgan fingerprint density at radius 2 is 2.24 bits per heavy atom. The van der Waals surface area contributed by atoms with E-state index >= 15 is 0 Å². The van der Waals surface area contributed by atoms with Crippen LogP contribution in [0.1, 0.15) is 25.8 Å². The molecule has 1 N–H and O–H groups in total. The van der Waals surface area contributed by atoms with Crippen LogP contribution in [-0.4, -0.2) is 30.4 Å². The van der Waals surface area contributed by atoms with Gasteiger partial charge < -0.3 is 10.2 Å². The molecule has 5 heteroatoms. The van der Waals surface area contributed by atoms with Crippen LogP contribution in [0.3, 0.4) is 0 Å². The van der Waals surface area contributed by atoms with Crippen molar-refractivity contribution in [1.82, 2.24) is 10.2 Å². The van der Waals surface area contributed by atoms with Crippen LogP contribution in [-0.2, 0) is 11.3 Å². The third kappa shape index (κ3) is 3.74. The molecular weight excluding hydrogens is 291 g/mol. The lowest BCUT2D eigenvalue weighted by Gasteiger charge is -2.35. The minimum atomic E-state index is -0.352. The van der Waals surface area contributed by atoms with Crippen LogP contribution in [0.5, 0.6) is 0 Å². The summed E-state index contributed by atoms with van der Waals surface area (Å²) in [5.41, 5.74) is 0.403. The summed E-state index contributed by atoms with van der Waals surface area (Å²) >= 11 is 6.07. The highest BCUT2D eigenvalue weighted by Crippen LogP contribution is 2.24. The van der Waals surface area contributed by atoms with Crippen molar-refractivity contribution in [3.05, 3.63) is 34.6 Å². The number of benzene rings is 1. The van der Waals surface area contributed by atoms with E-state index in [4.69, 9.17) is 11.6 Å². The van der Waals surface area contributed by atoms with Gasteiger partial charge in [0.1, 0.15) is 5.82 Å². The molecule has 0 radical (unpaired) electrons. The molecule has 1 aromatic rings. The number of nitrogens with zero attached hydrogens (tertiary/aromatic N) is 1. The molecule has 116 valence electrons. The van der Waals surface area contributed by atoms with Crippen LogP contribution < -0.4 is 5.32 Å². The van der Waals surface area contributed by atoms with Crippen molar-refractivity contribution in [2.24, 2.45) is 11.8 Å². The van der Waals surface area contributed by atoms with E-state index < -0.39 is 0 Å². The van der Waals surface area contributed by atoms with Crippen molar-refractivity contribution in [2.75, 3.05) is 19.6 Å². The quantitative estimate of drug-likeness (QED) is 0.875. The lowest BCUT2D eigenvalue weighted by atomic mass is 9.88. The largest absolute Gasteiger partial charge is 0.338 e. The third-order valence-electron chi connectivity index (χ3n) is 4.13. The summed E-state index contributed by atoms with van der Waals surface area (Å²) in [5.74, 6) is 0.0772. The maximum atomic E-state index is 13.9. The van der Waals surface area contributed by atoms with E-state index in [1.807, 2.05) is 13.8 Å². The number of halogens is 2. The van der Waals surface area contributed by atoms with Gasteiger partial charge in [-0.15, -0.1) is 0 Å². The third-order valence-corrected chi connectivity index (χ3v) is 4.48. The van der Waals surface area contributed by atoms with Gasteiger partial charge in [-0.3, -0.25) is 4.79 Å². The molecule has 0 bridgehead atoms. The molecule has 1 aromatic carbocycles. The molecule has 2 rings (SSSR count). The Balaban J connectivity index is 2.12. The first-order valence-corrected chi connectivity index (χ1v) is 7.84. The average Bonchev–Trinajstić information content (AvgIpc) is 2.39. The van der Waals surface area contributed by atoms with E-state index in [-0.39, 0.29) is 24.2 Å². The molecule has 0 spiro atoms. The van der Waals surface area contributed by atoms with Crippen LogP contribution in [0.25, 0.3) is 0 Å². The van der Waals surface area contributed by atoms with Crippen LogP contribution in [0.2, 0.25) is 5.02 Å². The fraction of sp³-hybridized carbons (Fsp3) is 0.562. The summed E-state index contributed by atoms with van der Waals surface area (Å²) in [4.78, 5) is 14.4. The topological polar surface area (TPSA) is 32.3 Å². The average molecular weight is 313 g/mol. The first-order chi connectivity index (χ1) is 10.0. The summed E-state index contributed by atoms with van der Waals surface area (Å²) in [5, 5.41) is 3.56. The molecule has 1 aliphatic heterocycles. The van der Waals surface area contributed by atoms with Crippen molar-refractivity contribution in [3.8, 4) is 0 Å². The fourth-order valence-electron chi connectivity index (χ4n) is 2.57. The van der Waals surface area contributed by atoms with Gasteiger partial charge in [-0.2, -0.15) is 0 Å². The zero-order chi connectivity index (χ0) is 15.4. The molecule has 1 amide bonds. The normalized spacial score (nSPS) is 16.4. The van der Waals surface area contributed by atoms with Crippen molar-refractivity contribution in [3.63, 3.8) is 0 Å². The smallest absolute Gasteiger partial charge is 0.226 e. The highest BCUT2D eigenvalue weighted by Gasteiger charge is 2.31. The number of carbonyl (C=O) groups excluding carboxylic acids is 1. The van der Waals surface area contributed by atoms with E-state index in [9.17, 15) is 9.18 Å². The molecule has 3 nitrogen and oxygen atoms in total. The minimum absolute atomic E-state index is 0.0386. The molecule has 1 saturated heterocycles. The molecule has 0 aromatic heterocycles. The van der Waals surface area contributed by atoms with Crippen molar-refractivity contribution < 1.29 is 9.18 Å². The number of carbonyl (C=O) groups is 1. The summed E-state index contributed by atoms with van der Waals surface area (Å²) in [6.45, 7) is 6.59. The van der Waals surface area contributed by atoms with Gasteiger partial charge in [-0.1, -0.05) is 31.5 Å². The number of rotatable bonds is 6. The standard InChI is InChI=1S/C16H22ClFN2O/c1-3-7-20(16(21)11(2)12-8-19-9-12)10-13-14(17)5-4-6-15(13)18/h4-6,11-12,19H,3,7-10H2,1-2H3. The number of amides is 1. The second-order valence-electron chi connectivity index (χ2n) is 5.67. The zero-order valence-corrected chi connectivity index (χ0v) is 13.3. The van der Waals surface area contributed by atoms with E-state index in [1.165, 1.54) is 6.07 Å². The SMILES string of the molecule is CCCN(Cc1c(F)cccc1Cl)C(=O)C(C)C1CNC1. The second-order valence-corrected chi connectivity index (χ2v) is 6.07. The lowest BCUT2D eigenvalue weighted by molar-refractivity contribution is -0.138. The minimum Gasteiger partial charge on any atom is -0.338 e. The maximum absolute atomic E-state index is 13.9. The van der Waals surface area contributed by atoms with Crippen LogP contribution >= 0.6 is 11.6 Å². The summed E-state index contributed by atoms with van der Waals surface area (Å²) in [6.07, 6.45) is 0.841. The van der Waals surface area contributed by atoms with Gasteiger partial charge in [0.05, 0.1) is 0 Å². The number of hydrogen-bond donors (Lipinski definition) is 1. The van der Waals surface area contributed by atoms with Crippen molar-refractivity contribution in [2.45, 2.75) is 26.8 Å². The summed E-state index contributed by atoms with van der Waals surface area (Å²) < 4.78 is 13.9. The Morgan fingerprint density at radius 1 is 1.52 bits per heavy atom. The molecular formula is C16H22ClFN2O. The lowest BCUT2D eigenvalue weighted by Crippen LogP contribution is -2.50. The van der Waals surface area contributed by atoms with Gasteiger partial charge in [-0.05, 0) is 37.6 Å². The number of nitrogens with one attached hydrogen (secondary N) is 1. The molecule has 0 aliphatic carbocycles. The molecule has 1 heterocycles. The van der Waals surface area contributed by atoms with Crippen molar-refractivity contribution >= 4 is 17.5 Å². The van der Waals surface area contributed by atoms with Gasteiger partial charge >= 0.3 is 0 Å². The van der Waals surface area contributed by atoms with Gasteiger partial charge in [0.2, 0.25) is 5.91 Å². The van der Waals surface area contributed by atoms with Gasteiger partial charge in [0, 0.05) is 29.6 Å². The predicted molar refractivity (Wildman–Crippen MR) is 82.6 cm³/mol. The Hall–Kier alpha value is -1.13. The molecule has 1 unspecified atom stereocenters. The second kappa shape index (κ2) is 7.23. The zero-order valence-electron chi connectivity index (χ0n) is 12.5. The maximum Gasteiger partial charge on any atom is 0.226 e. The molecule has 1 aliphatic rings. The van der Waals surface area contributed by atoms with E-state index in [0.29, 0.717) is 23.0 Å². The predicted octanol–water partition coefficient (Wildman–Crippen LogP) is 3.07. The fourth-order valence-corrected chi connectivity index (χ4v) is 2.79. The Labute approximate surface area is 130 Å².